The van der Waals surface area contributed by atoms with Crippen LogP contribution in [-0.2, 0) is 6.54 Å². The Hall–Kier alpha value is -2.25. The molecular weight excluding hydrogens is 451 g/mol. The first-order chi connectivity index (χ1) is 14.6. The first-order valence-electron chi connectivity index (χ1n) is 9.60. The van der Waals surface area contributed by atoms with E-state index in [1.807, 2.05) is 0 Å². The zero-order chi connectivity index (χ0) is 23.0. The molecule has 1 aliphatic heterocycles. The summed E-state index contributed by atoms with van der Waals surface area (Å²) in [6.07, 6.45) is -3.52. The third kappa shape index (κ3) is 7.74. The number of nitrogens with zero attached hydrogens (tertiary/aromatic N) is 3. The Balaban J connectivity index is 2.17. The molecule has 1 atom stereocenters. The number of hydrogen-bond donors (Lipinski definition) is 4. The Morgan fingerprint density at radius 2 is 1.81 bits per heavy atom. The molecule has 2 rings (SSSR count). The summed E-state index contributed by atoms with van der Waals surface area (Å²) >= 11 is 10.1. The van der Waals surface area contributed by atoms with Gasteiger partial charge in [-0.3, -0.25) is 15.8 Å². The molecule has 13 heteroatoms. The number of thiocarbonyl (C=S) groups is 2. The molecule has 172 valence electrons. The monoisotopic (exact) mass is 477 g/mol. The second kappa shape index (κ2) is 11.4. The fourth-order valence-electron chi connectivity index (χ4n) is 3.00. The number of hydrogen-bond acceptors (Lipinski definition) is 6. The van der Waals surface area contributed by atoms with Crippen LogP contribution in [0.1, 0.15) is 31.3 Å². The van der Waals surface area contributed by atoms with E-state index in [1.54, 1.807) is 38.1 Å². The molecule has 1 fully saturated rings. The third-order valence-electron chi connectivity index (χ3n) is 4.63. The number of halogens is 3. The quantitative estimate of drug-likeness (QED) is 0.282. The maximum absolute atomic E-state index is 13.1. The summed E-state index contributed by atoms with van der Waals surface area (Å²) in [5.41, 5.74) is 6.17. The minimum atomic E-state index is -4.18. The Kier molecular flexibility index (Phi) is 9.19. The van der Waals surface area contributed by atoms with Gasteiger partial charge >= 0.3 is 6.18 Å². The van der Waals surface area contributed by atoms with Crippen molar-refractivity contribution in [1.29, 1.82) is 0 Å². The van der Waals surface area contributed by atoms with Gasteiger partial charge in [0.15, 0.2) is 16.0 Å². The van der Waals surface area contributed by atoms with E-state index in [0.29, 0.717) is 46.1 Å². The maximum atomic E-state index is 13.1. The van der Waals surface area contributed by atoms with Gasteiger partial charge in [-0.2, -0.15) is 23.4 Å². The van der Waals surface area contributed by atoms with Crippen LogP contribution in [0.4, 0.5) is 13.2 Å². The van der Waals surface area contributed by atoms with Crippen molar-refractivity contribution >= 4 is 46.1 Å². The highest BCUT2D eigenvalue weighted by Gasteiger charge is 2.41. The summed E-state index contributed by atoms with van der Waals surface area (Å²) in [5.74, 6) is -0.381. The van der Waals surface area contributed by atoms with E-state index >= 15 is 0 Å². The van der Waals surface area contributed by atoms with Crippen molar-refractivity contribution < 1.29 is 17.6 Å². The number of likely N-dealkylation sites (tertiary alicyclic amines) is 1. The van der Waals surface area contributed by atoms with Crippen molar-refractivity contribution in [1.82, 2.24) is 26.4 Å². The van der Waals surface area contributed by atoms with Crippen LogP contribution in [0.3, 0.4) is 0 Å². The van der Waals surface area contributed by atoms with Gasteiger partial charge in [-0.15, -0.1) is 0 Å². The van der Waals surface area contributed by atoms with Crippen molar-refractivity contribution in [2.45, 2.75) is 32.5 Å². The SMILES string of the molecule is CNC(=S)N/N=C(C)/C(=N\NC(=S)NC)c1ccc(CN2CCCC(C(F)(F)F)C2)o1. The second-order valence-corrected chi connectivity index (χ2v) is 7.74. The van der Waals surface area contributed by atoms with Crippen molar-refractivity contribution in [2.75, 3.05) is 27.2 Å². The highest BCUT2D eigenvalue weighted by atomic mass is 32.1. The van der Waals surface area contributed by atoms with E-state index in [-0.39, 0.29) is 19.5 Å². The lowest BCUT2D eigenvalue weighted by atomic mass is 9.97. The summed E-state index contributed by atoms with van der Waals surface area (Å²) in [6.45, 7) is 2.53. The van der Waals surface area contributed by atoms with Crippen LogP contribution < -0.4 is 21.5 Å². The highest BCUT2D eigenvalue weighted by molar-refractivity contribution is 7.80. The van der Waals surface area contributed by atoms with Gasteiger partial charge in [0.2, 0.25) is 0 Å². The van der Waals surface area contributed by atoms with E-state index in [9.17, 15) is 13.2 Å². The summed E-state index contributed by atoms with van der Waals surface area (Å²) < 4.78 is 45.1. The standard InChI is InChI=1S/C18H26F3N7OS2/c1-11(24-26-16(30)22-2)15(25-27-17(31)23-3)14-7-6-13(29-14)10-28-8-4-5-12(9-28)18(19,20)21/h6-7,12H,4-5,8-10H2,1-3H3,(H2,22,26,30)(H2,23,27,31)/b24-11+,25-15+. The molecule has 2 heterocycles. The van der Waals surface area contributed by atoms with Crippen LogP contribution in [0.15, 0.2) is 26.8 Å². The van der Waals surface area contributed by atoms with Crippen LogP contribution in [0.25, 0.3) is 0 Å². The molecule has 8 nitrogen and oxygen atoms in total. The molecule has 0 amide bonds. The van der Waals surface area contributed by atoms with E-state index in [1.165, 1.54) is 0 Å². The largest absolute Gasteiger partial charge is 0.458 e. The van der Waals surface area contributed by atoms with E-state index in [0.717, 1.165) is 0 Å². The molecule has 0 spiro atoms. The van der Waals surface area contributed by atoms with E-state index in [2.05, 4.69) is 31.7 Å². The van der Waals surface area contributed by atoms with Crippen LogP contribution in [0.5, 0.6) is 0 Å². The van der Waals surface area contributed by atoms with Crippen molar-refractivity contribution in [2.24, 2.45) is 16.1 Å². The van der Waals surface area contributed by atoms with Gasteiger partial charge in [-0.25, -0.2) is 0 Å². The van der Waals surface area contributed by atoms with Gasteiger partial charge in [0, 0.05) is 20.6 Å². The van der Waals surface area contributed by atoms with Gasteiger partial charge in [0.1, 0.15) is 11.5 Å². The zero-order valence-corrected chi connectivity index (χ0v) is 19.1. The zero-order valence-electron chi connectivity index (χ0n) is 17.5. The first-order valence-corrected chi connectivity index (χ1v) is 10.4. The number of furan rings is 1. The summed E-state index contributed by atoms with van der Waals surface area (Å²) in [7, 11) is 3.31. The van der Waals surface area contributed by atoms with Crippen molar-refractivity contribution in [3.05, 3.63) is 23.7 Å². The molecule has 4 N–H and O–H groups in total. The average Bonchev–Trinajstić information content (AvgIpc) is 3.19. The Morgan fingerprint density at radius 1 is 1.16 bits per heavy atom. The molecule has 1 unspecified atom stereocenters. The molecule has 0 bridgehead atoms. The average molecular weight is 478 g/mol. The first kappa shape index (κ1) is 25.0. The normalized spacial score (nSPS) is 18.5. The third-order valence-corrected chi connectivity index (χ3v) is 5.22. The Labute approximate surface area is 189 Å². The molecule has 1 aromatic heterocycles. The van der Waals surface area contributed by atoms with Gasteiger partial charge in [0.25, 0.3) is 0 Å². The van der Waals surface area contributed by atoms with Crippen molar-refractivity contribution in [3.63, 3.8) is 0 Å². The van der Waals surface area contributed by atoms with Gasteiger partial charge in [0.05, 0.1) is 18.2 Å². The summed E-state index contributed by atoms with van der Waals surface area (Å²) in [6, 6.07) is 3.41. The predicted octanol–water partition coefficient (Wildman–Crippen LogP) is 2.32. The minimum Gasteiger partial charge on any atom is -0.458 e. The molecule has 0 aromatic carbocycles. The molecule has 1 aliphatic rings. The number of rotatable bonds is 6. The lowest BCUT2D eigenvalue weighted by molar-refractivity contribution is -0.187. The summed E-state index contributed by atoms with van der Waals surface area (Å²) in [4.78, 5) is 1.75. The maximum Gasteiger partial charge on any atom is 0.393 e. The fourth-order valence-corrected chi connectivity index (χ4v) is 3.09. The lowest BCUT2D eigenvalue weighted by Crippen LogP contribution is -2.41. The summed E-state index contributed by atoms with van der Waals surface area (Å²) in [5, 5.41) is 14.5. The van der Waals surface area contributed by atoms with Gasteiger partial charge in [-0.1, -0.05) is 0 Å². The molecule has 1 aromatic rings. The van der Waals surface area contributed by atoms with Gasteiger partial charge < -0.3 is 15.1 Å². The number of nitrogens with one attached hydrogen (secondary N) is 4. The van der Waals surface area contributed by atoms with E-state index in [4.69, 9.17) is 28.9 Å². The molecule has 1 saturated heterocycles. The second-order valence-electron chi connectivity index (χ2n) is 6.92. The topological polar surface area (TPSA) is 89.2 Å². The number of hydrazone groups is 2. The van der Waals surface area contributed by atoms with Crippen LogP contribution >= 0.6 is 24.4 Å². The predicted molar refractivity (Wildman–Crippen MR) is 122 cm³/mol. The molecular formula is C18H26F3N7OS2. The smallest absolute Gasteiger partial charge is 0.393 e. The fraction of sp³-hybridized carbons (Fsp3) is 0.556. The molecule has 0 saturated carbocycles. The number of piperidine rings is 1. The van der Waals surface area contributed by atoms with Gasteiger partial charge in [-0.05, 0) is 62.9 Å². The lowest BCUT2D eigenvalue weighted by Gasteiger charge is -2.33. The van der Waals surface area contributed by atoms with Crippen LogP contribution in [0, 0.1) is 5.92 Å². The number of alkyl halides is 3. The molecule has 31 heavy (non-hydrogen) atoms. The van der Waals surface area contributed by atoms with Crippen LogP contribution in [0.2, 0.25) is 0 Å². The van der Waals surface area contributed by atoms with E-state index < -0.39 is 12.1 Å². The highest BCUT2D eigenvalue weighted by Crippen LogP contribution is 2.33. The minimum absolute atomic E-state index is 0.0374. The van der Waals surface area contributed by atoms with Crippen LogP contribution in [-0.4, -0.2) is 59.9 Å². The molecule has 0 aliphatic carbocycles. The Morgan fingerprint density at radius 3 is 2.42 bits per heavy atom. The molecule has 0 radical (unpaired) electrons. The van der Waals surface area contributed by atoms with Crippen molar-refractivity contribution in [3.8, 4) is 0 Å². The Bertz CT molecular complexity index is 838.